The Hall–Kier alpha value is -2.06. The Kier molecular flexibility index (Phi) is 5.92. The van der Waals surface area contributed by atoms with E-state index in [2.05, 4.69) is 0 Å². The minimum Gasteiger partial charge on any atom is -0.452 e. The van der Waals surface area contributed by atoms with Crippen LogP contribution in [0.1, 0.15) is 48.5 Å². The molecule has 0 saturated carbocycles. The zero-order chi connectivity index (χ0) is 19.6. The van der Waals surface area contributed by atoms with Gasteiger partial charge in [-0.2, -0.15) is 0 Å². The molecule has 0 spiro atoms. The number of halogens is 1. The summed E-state index contributed by atoms with van der Waals surface area (Å²) in [5.41, 5.74) is -4.25. The van der Waals surface area contributed by atoms with Gasteiger partial charge in [0.05, 0.1) is 0 Å². The number of hydrogen-bond donors (Lipinski definition) is 0. The second-order valence-electron chi connectivity index (χ2n) is 7.80. The number of carbonyl (C=O) groups is 3. The lowest BCUT2D eigenvalue weighted by atomic mass is 10.0. The molecule has 1 saturated heterocycles. The summed E-state index contributed by atoms with van der Waals surface area (Å²) in [6.45, 7) is 10.1. The summed E-state index contributed by atoms with van der Waals surface area (Å²) in [5, 5.41) is 0. The van der Waals surface area contributed by atoms with Gasteiger partial charge in [-0.3, -0.25) is 0 Å². The predicted molar refractivity (Wildman–Crippen MR) is 82.7 cm³/mol. The van der Waals surface area contributed by atoms with Crippen LogP contribution >= 0.6 is 0 Å². The molecule has 1 aliphatic heterocycles. The number of ether oxygens (including phenoxy) is 5. The van der Waals surface area contributed by atoms with Gasteiger partial charge in [-0.25, -0.2) is 18.8 Å². The second-order valence-corrected chi connectivity index (χ2v) is 7.80. The zero-order valence-electron chi connectivity index (χ0n) is 15.5. The van der Waals surface area contributed by atoms with E-state index in [1.54, 1.807) is 41.5 Å². The standard InChI is InChI=1S/C16H25FO8/c1-14(2,3)24-12(19)21-8-9-10(16(7,17)11(18)22-9)23-13(20)25-15(4,5)6/h9-10H,8H2,1-7H3/t9-,10-,16?/m1/s1. The van der Waals surface area contributed by atoms with Crippen LogP contribution in [-0.2, 0) is 28.5 Å². The van der Waals surface area contributed by atoms with Gasteiger partial charge in [0.2, 0.25) is 5.67 Å². The average Bonchev–Trinajstić information content (AvgIpc) is 2.55. The van der Waals surface area contributed by atoms with E-state index >= 15 is 0 Å². The van der Waals surface area contributed by atoms with Crippen LogP contribution < -0.4 is 0 Å². The number of hydrogen-bond acceptors (Lipinski definition) is 8. The fourth-order valence-corrected chi connectivity index (χ4v) is 1.90. The van der Waals surface area contributed by atoms with Crippen LogP contribution in [0.15, 0.2) is 0 Å². The third-order valence-electron chi connectivity index (χ3n) is 2.90. The largest absolute Gasteiger partial charge is 0.509 e. The van der Waals surface area contributed by atoms with E-state index in [0.717, 1.165) is 6.92 Å². The zero-order valence-corrected chi connectivity index (χ0v) is 15.5. The van der Waals surface area contributed by atoms with E-state index < -0.39 is 54.0 Å². The summed E-state index contributed by atoms with van der Waals surface area (Å²) in [7, 11) is 0. The van der Waals surface area contributed by atoms with E-state index in [9.17, 15) is 18.8 Å². The molecule has 8 nitrogen and oxygen atoms in total. The van der Waals surface area contributed by atoms with Crippen molar-refractivity contribution in [2.24, 2.45) is 0 Å². The Morgan fingerprint density at radius 2 is 1.56 bits per heavy atom. The van der Waals surface area contributed by atoms with E-state index in [-0.39, 0.29) is 0 Å². The Morgan fingerprint density at radius 1 is 1.08 bits per heavy atom. The molecule has 0 aromatic rings. The molecule has 0 amide bonds. The Bertz CT molecular complexity index is 529. The molecule has 144 valence electrons. The fourth-order valence-electron chi connectivity index (χ4n) is 1.90. The molecule has 0 aromatic carbocycles. The highest BCUT2D eigenvalue weighted by Crippen LogP contribution is 2.33. The molecular weight excluding hydrogens is 339 g/mol. The maximum Gasteiger partial charge on any atom is 0.509 e. The Morgan fingerprint density at radius 3 is 2.04 bits per heavy atom. The van der Waals surface area contributed by atoms with Crippen molar-refractivity contribution in [2.75, 3.05) is 6.61 Å². The summed E-state index contributed by atoms with van der Waals surface area (Å²) < 4.78 is 38.9. The monoisotopic (exact) mass is 364 g/mol. The lowest BCUT2D eigenvalue weighted by Crippen LogP contribution is -2.45. The van der Waals surface area contributed by atoms with Gasteiger partial charge in [0, 0.05) is 0 Å². The van der Waals surface area contributed by atoms with Crippen molar-refractivity contribution in [3.8, 4) is 0 Å². The molecule has 1 fully saturated rings. The number of esters is 1. The van der Waals surface area contributed by atoms with Crippen LogP contribution in [0.3, 0.4) is 0 Å². The third kappa shape index (κ3) is 6.39. The first-order valence-electron chi connectivity index (χ1n) is 7.77. The molecule has 0 radical (unpaired) electrons. The van der Waals surface area contributed by atoms with Gasteiger partial charge in [-0.15, -0.1) is 0 Å². The molecule has 0 bridgehead atoms. The molecular formula is C16H25FO8. The smallest absolute Gasteiger partial charge is 0.452 e. The van der Waals surface area contributed by atoms with Gasteiger partial charge < -0.3 is 23.7 Å². The maximum atomic E-state index is 14.5. The van der Waals surface area contributed by atoms with Crippen molar-refractivity contribution in [1.29, 1.82) is 0 Å². The molecule has 1 aliphatic rings. The molecule has 3 atom stereocenters. The average molecular weight is 364 g/mol. The molecule has 1 heterocycles. The first kappa shape index (κ1) is 21.0. The van der Waals surface area contributed by atoms with E-state index in [4.69, 9.17) is 23.7 Å². The van der Waals surface area contributed by atoms with E-state index in [1.807, 2.05) is 0 Å². The molecule has 0 N–H and O–H groups in total. The van der Waals surface area contributed by atoms with Crippen LogP contribution in [0.4, 0.5) is 14.0 Å². The molecule has 1 unspecified atom stereocenters. The van der Waals surface area contributed by atoms with Gasteiger partial charge in [-0.1, -0.05) is 0 Å². The van der Waals surface area contributed by atoms with Gasteiger partial charge in [0.1, 0.15) is 17.8 Å². The van der Waals surface area contributed by atoms with Crippen molar-refractivity contribution in [3.05, 3.63) is 0 Å². The number of rotatable bonds is 3. The van der Waals surface area contributed by atoms with Crippen molar-refractivity contribution in [2.45, 2.75) is 77.5 Å². The van der Waals surface area contributed by atoms with Crippen LogP contribution in [0, 0.1) is 0 Å². The maximum absolute atomic E-state index is 14.5. The van der Waals surface area contributed by atoms with Crippen LogP contribution in [-0.4, -0.2) is 54.0 Å². The minimum absolute atomic E-state index is 0.534. The first-order valence-corrected chi connectivity index (χ1v) is 7.77. The molecule has 0 aromatic heterocycles. The van der Waals surface area contributed by atoms with Crippen LogP contribution in [0.5, 0.6) is 0 Å². The van der Waals surface area contributed by atoms with Gasteiger partial charge in [-0.05, 0) is 48.5 Å². The SMILES string of the molecule is CC(C)(C)OC(=O)OC[C@H]1OC(=O)C(C)(F)[C@@H]1OC(=O)OC(C)(C)C. The van der Waals surface area contributed by atoms with Crippen molar-refractivity contribution in [3.63, 3.8) is 0 Å². The Labute approximate surface area is 145 Å². The van der Waals surface area contributed by atoms with Crippen LogP contribution in [0.25, 0.3) is 0 Å². The molecule has 25 heavy (non-hydrogen) atoms. The van der Waals surface area contributed by atoms with Crippen LogP contribution in [0.2, 0.25) is 0 Å². The van der Waals surface area contributed by atoms with Gasteiger partial charge >= 0.3 is 18.3 Å². The van der Waals surface area contributed by atoms with Crippen molar-refractivity contribution >= 4 is 18.3 Å². The van der Waals surface area contributed by atoms with E-state index in [0.29, 0.717) is 0 Å². The summed E-state index contributed by atoms with van der Waals surface area (Å²) in [5.74, 6) is -1.22. The topological polar surface area (TPSA) is 97.4 Å². The number of alkyl halides is 1. The second kappa shape index (κ2) is 7.05. The highest BCUT2D eigenvalue weighted by atomic mass is 19.1. The fraction of sp³-hybridized carbons (Fsp3) is 0.812. The van der Waals surface area contributed by atoms with E-state index in [1.165, 1.54) is 0 Å². The summed E-state index contributed by atoms with van der Waals surface area (Å²) in [4.78, 5) is 35.0. The summed E-state index contributed by atoms with van der Waals surface area (Å²) in [6.07, 6.45) is -5.13. The summed E-state index contributed by atoms with van der Waals surface area (Å²) in [6, 6.07) is 0. The van der Waals surface area contributed by atoms with Gasteiger partial charge in [0.15, 0.2) is 12.2 Å². The normalized spacial score (nSPS) is 26.6. The predicted octanol–water partition coefficient (Wildman–Crippen LogP) is 2.91. The van der Waals surface area contributed by atoms with Crippen molar-refractivity contribution in [1.82, 2.24) is 0 Å². The van der Waals surface area contributed by atoms with Gasteiger partial charge in [0.25, 0.3) is 0 Å². The third-order valence-corrected chi connectivity index (χ3v) is 2.90. The lowest BCUT2D eigenvalue weighted by molar-refractivity contribution is -0.150. The summed E-state index contributed by atoms with van der Waals surface area (Å²) >= 11 is 0. The quantitative estimate of drug-likeness (QED) is 0.557. The highest BCUT2D eigenvalue weighted by Gasteiger charge is 2.58. The highest BCUT2D eigenvalue weighted by molar-refractivity contribution is 5.83. The minimum atomic E-state index is -2.60. The molecule has 0 aliphatic carbocycles. The van der Waals surface area contributed by atoms with Crippen molar-refractivity contribution < 1.29 is 42.5 Å². The molecule has 1 rings (SSSR count). The first-order chi connectivity index (χ1) is 11.1. The number of cyclic esters (lactones) is 1. The Balaban J connectivity index is 2.75. The number of carbonyl (C=O) groups excluding carboxylic acids is 3. The lowest BCUT2D eigenvalue weighted by Gasteiger charge is -2.25. The molecule has 9 heteroatoms.